The lowest BCUT2D eigenvalue weighted by Gasteiger charge is -2.27. The molecule has 0 bridgehead atoms. The number of hydrogen-bond donors (Lipinski definition) is 1. The van der Waals surface area contributed by atoms with E-state index in [1.165, 1.54) is 0 Å². The van der Waals surface area contributed by atoms with E-state index in [0.717, 1.165) is 60.3 Å². The number of benzene rings is 1. The third-order valence-electron chi connectivity index (χ3n) is 5.61. The van der Waals surface area contributed by atoms with Gasteiger partial charge in [0.2, 0.25) is 11.9 Å². The summed E-state index contributed by atoms with van der Waals surface area (Å²) in [7, 11) is 0. The highest BCUT2D eigenvalue weighted by molar-refractivity contribution is 5.93. The number of ether oxygens (including phenoxy) is 1. The molecule has 3 aromatic heterocycles. The fourth-order valence-corrected chi connectivity index (χ4v) is 4.04. The molecule has 1 aromatic carbocycles. The molecule has 0 saturated carbocycles. The van der Waals surface area contributed by atoms with Gasteiger partial charge in [-0.25, -0.2) is 4.98 Å². The summed E-state index contributed by atoms with van der Waals surface area (Å²) in [6, 6.07) is 8.22. The van der Waals surface area contributed by atoms with E-state index >= 15 is 0 Å². The van der Waals surface area contributed by atoms with Gasteiger partial charge in [0.15, 0.2) is 5.82 Å². The summed E-state index contributed by atoms with van der Waals surface area (Å²) in [5.41, 5.74) is 3.13. The molecule has 0 atom stereocenters. The highest BCUT2D eigenvalue weighted by Gasteiger charge is 2.20. The van der Waals surface area contributed by atoms with Gasteiger partial charge in [0.05, 0.1) is 18.9 Å². The first-order valence-corrected chi connectivity index (χ1v) is 11.0. The molecular weight excluding hydrogens is 390 g/mol. The van der Waals surface area contributed by atoms with Gasteiger partial charge in [-0.05, 0) is 18.6 Å². The molecule has 1 fully saturated rings. The van der Waals surface area contributed by atoms with Crippen LogP contribution in [0, 0.1) is 0 Å². The molecule has 0 amide bonds. The Labute approximate surface area is 181 Å². The van der Waals surface area contributed by atoms with E-state index in [2.05, 4.69) is 48.1 Å². The number of aromatic amines is 1. The maximum atomic E-state index is 5.53. The Balaban J connectivity index is 1.68. The Morgan fingerprint density at radius 2 is 1.84 bits per heavy atom. The molecule has 160 valence electrons. The molecule has 8 nitrogen and oxygen atoms in total. The van der Waals surface area contributed by atoms with Crippen molar-refractivity contribution in [1.82, 2.24) is 29.5 Å². The summed E-state index contributed by atoms with van der Waals surface area (Å²) >= 11 is 0. The van der Waals surface area contributed by atoms with E-state index < -0.39 is 0 Å². The van der Waals surface area contributed by atoms with Gasteiger partial charge < -0.3 is 14.6 Å². The second-order valence-corrected chi connectivity index (χ2v) is 7.72. The van der Waals surface area contributed by atoms with Crippen molar-refractivity contribution in [3.05, 3.63) is 48.2 Å². The van der Waals surface area contributed by atoms with Crippen molar-refractivity contribution in [2.75, 3.05) is 31.2 Å². The number of anilines is 1. The van der Waals surface area contributed by atoms with E-state index in [1.54, 1.807) is 0 Å². The fraction of sp³-hybridized carbons (Fsp3) is 0.391. The monoisotopic (exact) mass is 417 g/mol. The SMILES string of the molecule is CCCc1cn(-c2nc(-c3cccc4[nH]ccc34)nc(N3CCOCC3)n2)c(CC)n1. The smallest absolute Gasteiger partial charge is 0.240 e. The topological polar surface area (TPSA) is 84.8 Å². The lowest BCUT2D eigenvalue weighted by atomic mass is 10.1. The normalized spacial score (nSPS) is 14.5. The third kappa shape index (κ3) is 3.79. The van der Waals surface area contributed by atoms with Crippen LogP contribution in [0.15, 0.2) is 36.7 Å². The van der Waals surface area contributed by atoms with Crippen LogP contribution in [-0.4, -0.2) is 55.8 Å². The number of aromatic nitrogens is 6. The predicted octanol–water partition coefficient (Wildman–Crippen LogP) is 3.56. The average molecular weight is 418 g/mol. The van der Waals surface area contributed by atoms with Crippen molar-refractivity contribution in [3.8, 4) is 17.3 Å². The Hall–Kier alpha value is -3.26. The molecule has 1 aliphatic heterocycles. The van der Waals surface area contributed by atoms with Gasteiger partial charge in [-0.3, -0.25) is 4.57 Å². The highest BCUT2D eigenvalue weighted by atomic mass is 16.5. The molecule has 4 aromatic rings. The zero-order valence-electron chi connectivity index (χ0n) is 18.0. The minimum absolute atomic E-state index is 0.616. The van der Waals surface area contributed by atoms with Crippen molar-refractivity contribution < 1.29 is 4.74 Å². The first kappa shape index (κ1) is 19.7. The minimum Gasteiger partial charge on any atom is -0.378 e. The molecule has 4 heterocycles. The second-order valence-electron chi connectivity index (χ2n) is 7.72. The third-order valence-corrected chi connectivity index (χ3v) is 5.61. The van der Waals surface area contributed by atoms with Gasteiger partial charge >= 0.3 is 0 Å². The molecule has 8 heteroatoms. The number of nitrogens with zero attached hydrogens (tertiary/aromatic N) is 6. The highest BCUT2D eigenvalue weighted by Crippen LogP contribution is 2.28. The maximum absolute atomic E-state index is 5.53. The summed E-state index contributed by atoms with van der Waals surface area (Å²) in [5, 5.41) is 1.10. The molecule has 1 saturated heterocycles. The minimum atomic E-state index is 0.616. The standard InChI is InChI=1S/C23H27N7O/c1-3-6-16-15-30(20(4-2)25-16)23-27-21(18-7-5-8-19-17(18)9-10-24-19)26-22(28-23)29-11-13-31-14-12-29/h5,7-10,15,24H,3-4,6,11-14H2,1-2H3. The van der Waals surface area contributed by atoms with Crippen molar-refractivity contribution in [1.29, 1.82) is 0 Å². The van der Waals surface area contributed by atoms with Crippen LogP contribution in [0.4, 0.5) is 5.95 Å². The molecule has 0 unspecified atom stereocenters. The van der Waals surface area contributed by atoms with E-state index in [4.69, 9.17) is 24.7 Å². The molecule has 0 radical (unpaired) electrons. The summed E-state index contributed by atoms with van der Waals surface area (Å²) < 4.78 is 7.56. The lowest BCUT2D eigenvalue weighted by molar-refractivity contribution is 0.122. The number of rotatable bonds is 6. The van der Waals surface area contributed by atoms with Gasteiger partial charge in [0.25, 0.3) is 0 Å². The van der Waals surface area contributed by atoms with E-state index in [-0.39, 0.29) is 0 Å². The maximum Gasteiger partial charge on any atom is 0.240 e. The van der Waals surface area contributed by atoms with Crippen LogP contribution in [0.3, 0.4) is 0 Å². The zero-order valence-corrected chi connectivity index (χ0v) is 18.0. The lowest BCUT2D eigenvalue weighted by Crippen LogP contribution is -2.37. The first-order chi connectivity index (χ1) is 15.3. The quantitative estimate of drug-likeness (QED) is 0.516. The average Bonchev–Trinajstić information content (AvgIpc) is 3.46. The molecule has 5 rings (SSSR count). The zero-order chi connectivity index (χ0) is 21.2. The van der Waals surface area contributed by atoms with Crippen molar-refractivity contribution >= 4 is 16.9 Å². The Bertz CT molecular complexity index is 1190. The summed E-state index contributed by atoms with van der Waals surface area (Å²) in [6.07, 6.45) is 6.82. The largest absolute Gasteiger partial charge is 0.378 e. The van der Waals surface area contributed by atoms with Crippen molar-refractivity contribution in [3.63, 3.8) is 0 Å². The Morgan fingerprint density at radius 1 is 1.00 bits per heavy atom. The van der Waals surface area contributed by atoms with E-state index in [1.807, 2.05) is 16.8 Å². The van der Waals surface area contributed by atoms with E-state index in [0.29, 0.717) is 30.9 Å². The number of nitrogens with one attached hydrogen (secondary N) is 1. The molecule has 1 aliphatic rings. The van der Waals surface area contributed by atoms with Gasteiger partial charge in [-0.2, -0.15) is 15.0 Å². The number of hydrogen-bond acceptors (Lipinski definition) is 6. The molecule has 0 aliphatic carbocycles. The summed E-state index contributed by atoms with van der Waals surface area (Å²) in [4.78, 5) is 24.9. The first-order valence-electron chi connectivity index (χ1n) is 11.0. The van der Waals surface area contributed by atoms with Crippen LogP contribution in [0.5, 0.6) is 0 Å². The molecule has 1 N–H and O–H groups in total. The number of imidazole rings is 1. The van der Waals surface area contributed by atoms with Crippen molar-refractivity contribution in [2.24, 2.45) is 0 Å². The van der Waals surface area contributed by atoms with Crippen molar-refractivity contribution in [2.45, 2.75) is 33.1 Å². The summed E-state index contributed by atoms with van der Waals surface area (Å²) in [5.74, 6) is 2.94. The second kappa shape index (κ2) is 8.47. The van der Waals surface area contributed by atoms with Gasteiger partial charge in [-0.1, -0.05) is 32.4 Å². The summed E-state index contributed by atoms with van der Waals surface area (Å²) in [6.45, 7) is 7.16. The predicted molar refractivity (Wildman–Crippen MR) is 121 cm³/mol. The van der Waals surface area contributed by atoms with Crippen LogP contribution < -0.4 is 4.90 Å². The van der Waals surface area contributed by atoms with Crippen LogP contribution in [0.1, 0.15) is 31.8 Å². The fourth-order valence-electron chi connectivity index (χ4n) is 4.04. The van der Waals surface area contributed by atoms with Gasteiger partial charge in [-0.15, -0.1) is 0 Å². The van der Waals surface area contributed by atoms with Crippen LogP contribution >= 0.6 is 0 Å². The number of fused-ring (bicyclic) bond motifs is 1. The van der Waals surface area contributed by atoms with Crippen LogP contribution in [0.25, 0.3) is 28.2 Å². The van der Waals surface area contributed by atoms with Crippen LogP contribution in [-0.2, 0) is 17.6 Å². The van der Waals surface area contributed by atoms with Crippen LogP contribution in [0.2, 0.25) is 0 Å². The number of H-pyrrole nitrogens is 1. The van der Waals surface area contributed by atoms with Gasteiger partial charge in [0, 0.05) is 48.4 Å². The Morgan fingerprint density at radius 3 is 2.65 bits per heavy atom. The van der Waals surface area contributed by atoms with E-state index in [9.17, 15) is 0 Å². The number of aryl methyl sites for hydroxylation is 2. The number of morpholine rings is 1. The Kier molecular flexibility index (Phi) is 5.38. The van der Waals surface area contributed by atoms with Gasteiger partial charge in [0.1, 0.15) is 5.82 Å². The molecular formula is C23H27N7O. The molecule has 31 heavy (non-hydrogen) atoms. The molecule has 0 spiro atoms.